The van der Waals surface area contributed by atoms with E-state index in [9.17, 15) is 15.3 Å². The molecule has 16 heteroatoms. The van der Waals surface area contributed by atoms with E-state index in [0.717, 1.165) is 31.2 Å². The van der Waals surface area contributed by atoms with Crippen LogP contribution in [0.4, 0.5) is 11.8 Å². The summed E-state index contributed by atoms with van der Waals surface area (Å²) < 4.78 is 7.62. The predicted molar refractivity (Wildman–Crippen MR) is 148 cm³/mol. The van der Waals surface area contributed by atoms with Crippen LogP contribution in [0.5, 0.6) is 0 Å². The number of tetrazole rings is 1. The van der Waals surface area contributed by atoms with Crippen molar-refractivity contribution in [3.8, 4) is 0 Å². The number of aryl methyl sites for hydroxylation is 1. The summed E-state index contributed by atoms with van der Waals surface area (Å²) in [7, 11) is 1.61. The number of imidazole rings is 1. The van der Waals surface area contributed by atoms with Crippen LogP contribution in [0.2, 0.25) is 0 Å². The number of rotatable bonds is 9. The van der Waals surface area contributed by atoms with Gasteiger partial charge in [0.25, 0.3) is 6.47 Å². The van der Waals surface area contributed by atoms with E-state index in [-0.39, 0.29) is 25.1 Å². The van der Waals surface area contributed by atoms with Gasteiger partial charge in [0.1, 0.15) is 18.9 Å². The number of anilines is 2. The molecule has 3 aromatic heterocycles. The van der Waals surface area contributed by atoms with E-state index in [1.807, 2.05) is 30.3 Å². The Bertz CT molecular complexity index is 1460. The number of ether oxygens (including phenoxy) is 1. The molecule has 1 aliphatic carbocycles. The lowest BCUT2D eigenvalue weighted by Crippen LogP contribution is -2.30. The first-order valence-corrected chi connectivity index (χ1v) is 13.7. The third kappa shape index (κ3) is 6.15. The monoisotopic (exact) mass is 582 g/mol. The maximum atomic E-state index is 10.9. The normalized spacial score (nSPS) is 22.2. The van der Waals surface area contributed by atoms with E-state index in [4.69, 9.17) is 24.6 Å². The zero-order valence-corrected chi connectivity index (χ0v) is 23.0. The Labute approximate surface area is 240 Å². The number of aliphatic hydroxyl groups excluding tert-OH is 3. The molecule has 2 fully saturated rings. The van der Waals surface area contributed by atoms with Crippen LogP contribution in [0.15, 0.2) is 36.7 Å². The SMILES string of the molecule is Cn1nnc([C@H]2O[C@@H](n3cnc4c(NC5CCCC5)nc(N(CO)CCc5ccccc5)nc43)[C@H](O)[C@@H]2O)n1.O=CO. The quantitative estimate of drug-likeness (QED) is 0.134. The van der Waals surface area contributed by atoms with Crippen molar-refractivity contribution in [2.45, 2.75) is 62.7 Å². The summed E-state index contributed by atoms with van der Waals surface area (Å²) in [4.78, 5) is 25.4. The van der Waals surface area contributed by atoms with Crippen LogP contribution >= 0.6 is 0 Å². The van der Waals surface area contributed by atoms with Gasteiger partial charge >= 0.3 is 0 Å². The largest absolute Gasteiger partial charge is 0.483 e. The van der Waals surface area contributed by atoms with Crippen LogP contribution in [0.25, 0.3) is 11.2 Å². The predicted octanol–water partition coefficient (Wildman–Crippen LogP) is 0.396. The van der Waals surface area contributed by atoms with Crippen molar-refractivity contribution in [3.05, 3.63) is 48.0 Å². The molecule has 5 N–H and O–H groups in total. The first kappa shape index (κ1) is 29.2. The first-order chi connectivity index (χ1) is 20.4. The molecule has 42 heavy (non-hydrogen) atoms. The number of fused-ring (bicyclic) bond motifs is 1. The van der Waals surface area contributed by atoms with Gasteiger partial charge in [-0.05, 0) is 30.0 Å². The number of carbonyl (C=O) groups is 1. The zero-order chi connectivity index (χ0) is 29.6. The number of hydrogen-bond acceptors (Lipinski definition) is 13. The molecular weight excluding hydrogens is 548 g/mol. The third-order valence-corrected chi connectivity index (χ3v) is 7.36. The summed E-state index contributed by atoms with van der Waals surface area (Å²) >= 11 is 0. The highest BCUT2D eigenvalue weighted by molar-refractivity contribution is 5.84. The molecular formula is C26H34N10O6. The number of carboxylic acid groups (broad SMARTS) is 1. The summed E-state index contributed by atoms with van der Waals surface area (Å²) in [6.07, 6.45) is 1.99. The lowest BCUT2D eigenvalue weighted by atomic mass is 10.1. The van der Waals surface area contributed by atoms with Gasteiger partial charge in [0.15, 0.2) is 29.3 Å². The fraction of sp³-hybridized carbons (Fsp3) is 0.500. The van der Waals surface area contributed by atoms with E-state index in [1.165, 1.54) is 11.1 Å². The molecule has 1 aromatic carbocycles. The average molecular weight is 583 g/mol. The van der Waals surface area contributed by atoms with Crippen molar-refractivity contribution in [2.24, 2.45) is 7.05 Å². The van der Waals surface area contributed by atoms with E-state index >= 15 is 0 Å². The number of nitrogens with one attached hydrogen (secondary N) is 1. The summed E-state index contributed by atoms with van der Waals surface area (Å²) in [5.74, 6) is 1.05. The molecule has 4 atom stereocenters. The van der Waals surface area contributed by atoms with Gasteiger partial charge in [-0.2, -0.15) is 14.8 Å². The Morgan fingerprint density at radius 3 is 2.55 bits per heavy atom. The minimum atomic E-state index is -1.30. The Kier molecular flexibility index (Phi) is 9.16. The summed E-state index contributed by atoms with van der Waals surface area (Å²) in [6, 6.07) is 10.3. The zero-order valence-electron chi connectivity index (χ0n) is 23.0. The van der Waals surface area contributed by atoms with Crippen LogP contribution in [-0.2, 0) is 23.0 Å². The highest BCUT2D eigenvalue weighted by atomic mass is 16.6. The van der Waals surface area contributed by atoms with Crippen LogP contribution in [-0.4, -0.2) is 98.1 Å². The number of benzene rings is 1. The maximum absolute atomic E-state index is 10.9. The standard InChI is InChI=1S/C25H32N10O4.CH2O2/c1-33-31-22(30-32-33)20-18(37)19(38)24(39-20)35-13-26-17-21(27-16-9-5-6-10-16)28-25(29-23(17)35)34(14-36)12-11-15-7-3-2-4-8-15;2-1-3/h2-4,7-8,13,16,18-20,24,36-38H,5-6,9-12,14H2,1H3,(H,27,28,29);1H,(H,2,3)/t18-,19+,20-,24+;/m0./s1. The molecule has 6 rings (SSSR count). The molecule has 0 bridgehead atoms. The molecule has 1 aliphatic heterocycles. The molecule has 1 saturated carbocycles. The molecule has 0 amide bonds. The summed E-state index contributed by atoms with van der Waals surface area (Å²) in [6.45, 7) is -0.0399. The van der Waals surface area contributed by atoms with Crippen molar-refractivity contribution < 1.29 is 30.0 Å². The second-order valence-corrected chi connectivity index (χ2v) is 10.1. The van der Waals surface area contributed by atoms with Gasteiger partial charge in [-0.15, -0.1) is 10.2 Å². The molecule has 4 heterocycles. The van der Waals surface area contributed by atoms with E-state index in [0.29, 0.717) is 35.9 Å². The van der Waals surface area contributed by atoms with Crippen LogP contribution in [0.1, 0.15) is 49.4 Å². The minimum absolute atomic E-state index is 0.169. The van der Waals surface area contributed by atoms with E-state index < -0.39 is 24.5 Å². The lowest BCUT2D eigenvalue weighted by Gasteiger charge is -2.22. The third-order valence-electron chi connectivity index (χ3n) is 7.36. The van der Waals surface area contributed by atoms with E-state index in [1.54, 1.807) is 16.5 Å². The van der Waals surface area contributed by atoms with E-state index in [2.05, 4.69) is 25.7 Å². The summed E-state index contributed by atoms with van der Waals surface area (Å²) in [5, 5.41) is 54.2. The Morgan fingerprint density at radius 1 is 1.14 bits per heavy atom. The number of hydrogen-bond donors (Lipinski definition) is 5. The second-order valence-electron chi connectivity index (χ2n) is 10.1. The van der Waals surface area contributed by atoms with Crippen LogP contribution < -0.4 is 10.2 Å². The van der Waals surface area contributed by atoms with Crippen molar-refractivity contribution in [1.82, 2.24) is 39.7 Å². The van der Waals surface area contributed by atoms with Crippen LogP contribution in [0, 0.1) is 0 Å². The molecule has 0 unspecified atom stereocenters. The summed E-state index contributed by atoms with van der Waals surface area (Å²) in [5.41, 5.74) is 2.05. The van der Waals surface area contributed by atoms with Gasteiger partial charge in [0.05, 0.1) is 13.4 Å². The first-order valence-electron chi connectivity index (χ1n) is 13.7. The maximum Gasteiger partial charge on any atom is 0.290 e. The number of nitrogens with zero attached hydrogens (tertiary/aromatic N) is 9. The fourth-order valence-corrected chi connectivity index (χ4v) is 5.25. The average Bonchev–Trinajstić information content (AvgIpc) is 3.80. The van der Waals surface area contributed by atoms with Gasteiger partial charge in [0.2, 0.25) is 11.8 Å². The highest BCUT2D eigenvalue weighted by Crippen LogP contribution is 2.39. The molecule has 2 aliphatic rings. The number of aromatic nitrogens is 8. The molecule has 4 aromatic rings. The van der Waals surface area contributed by atoms with Crippen molar-refractivity contribution in [1.29, 1.82) is 0 Å². The molecule has 0 radical (unpaired) electrons. The Morgan fingerprint density at radius 2 is 1.88 bits per heavy atom. The van der Waals surface area contributed by atoms with Crippen molar-refractivity contribution >= 4 is 29.4 Å². The Hall–Kier alpha value is -4.25. The lowest BCUT2D eigenvalue weighted by molar-refractivity contribution is -0.122. The fourth-order valence-electron chi connectivity index (χ4n) is 5.25. The molecule has 1 saturated heterocycles. The molecule has 16 nitrogen and oxygen atoms in total. The highest BCUT2D eigenvalue weighted by Gasteiger charge is 2.47. The van der Waals surface area contributed by atoms with Gasteiger partial charge in [-0.1, -0.05) is 43.2 Å². The molecule has 0 spiro atoms. The van der Waals surface area contributed by atoms with Crippen molar-refractivity contribution in [3.63, 3.8) is 0 Å². The minimum Gasteiger partial charge on any atom is -0.483 e. The van der Waals surface area contributed by atoms with Crippen LogP contribution in [0.3, 0.4) is 0 Å². The van der Waals surface area contributed by atoms with Crippen molar-refractivity contribution in [2.75, 3.05) is 23.5 Å². The number of aliphatic hydroxyl groups is 3. The molecule has 224 valence electrons. The van der Waals surface area contributed by atoms with Gasteiger partial charge in [-0.25, -0.2) is 4.98 Å². The Balaban J connectivity index is 0.00000113. The smallest absolute Gasteiger partial charge is 0.290 e. The van der Waals surface area contributed by atoms with Gasteiger partial charge in [-0.3, -0.25) is 9.36 Å². The second kappa shape index (κ2) is 13.2. The topological polar surface area (TPSA) is 210 Å². The van der Waals surface area contributed by atoms with Gasteiger partial charge < -0.3 is 35.4 Å². The van der Waals surface area contributed by atoms with Gasteiger partial charge in [0, 0.05) is 12.6 Å².